The molecule has 0 saturated carbocycles. The molecule has 2 aromatic carbocycles. The van der Waals surface area contributed by atoms with E-state index < -0.39 is 21.7 Å². The van der Waals surface area contributed by atoms with E-state index in [1.807, 2.05) is 25.1 Å². The third kappa shape index (κ3) is 7.11. The van der Waals surface area contributed by atoms with Gasteiger partial charge in [0.25, 0.3) is 0 Å². The number of halogens is 1. The average molecular weight is 392 g/mol. The van der Waals surface area contributed by atoms with Crippen molar-refractivity contribution in [3.63, 3.8) is 0 Å². The van der Waals surface area contributed by atoms with Gasteiger partial charge < -0.3 is 5.32 Å². The molecule has 0 unspecified atom stereocenters. The van der Waals surface area contributed by atoms with E-state index >= 15 is 0 Å². The van der Waals surface area contributed by atoms with Crippen LogP contribution in [-0.4, -0.2) is 38.0 Å². The van der Waals surface area contributed by atoms with Crippen molar-refractivity contribution in [1.29, 1.82) is 0 Å². The number of aryl methyl sites for hydroxylation is 2. The minimum atomic E-state index is -3.65. The first-order valence-corrected chi connectivity index (χ1v) is 10.6. The van der Waals surface area contributed by atoms with E-state index in [2.05, 4.69) is 11.4 Å². The Morgan fingerprint density at radius 2 is 1.89 bits per heavy atom. The molecule has 0 heterocycles. The summed E-state index contributed by atoms with van der Waals surface area (Å²) in [6, 6.07) is 14.1. The van der Waals surface area contributed by atoms with Crippen LogP contribution in [0, 0.1) is 12.7 Å². The lowest BCUT2D eigenvalue weighted by molar-refractivity contribution is -0.121. The van der Waals surface area contributed by atoms with E-state index in [4.69, 9.17) is 0 Å². The molecule has 0 aromatic heterocycles. The first-order valence-electron chi connectivity index (χ1n) is 8.76. The largest absolute Gasteiger partial charge is 0.355 e. The van der Waals surface area contributed by atoms with Gasteiger partial charge in [-0.25, -0.2) is 12.8 Å². The Labute approximate surface area is 160 Å². The molecule has 1 N–H and O–H groups in total. The topological polar surface area (TPSA) is 66.5 Å². The molecule has 5 nitrogen and oxygen atoms in total. The molecule has 0 fully saturated rings. The Kier molecular flexibility index (Phi) is 7.50. The van der Waals surface area contributed by atoms with Crippen LogP contribution >= 0.6 is 0 Å². The standard InChI is InChI=1S/C20H25FN2O3S/c1-16-7-5-8-17(13-16)9-6-12-22-20(24)15-23(27(2,25)26)14-18-10-3-4-11-19(18)21/h3-5,7-8,10-11,13H,6,9,12,14-15H2,1-2H3,(H,22,24). The smallest absolute Gasteiger partial charge is 0.235 e. The Morgan fingerprint density at radius 1 is 1.15 bits per heavy atom. The molecular weight excluding hydrogens is 367 g/mol. The lowest BCUT2D eigenvalue weighted by Crippen LogP contribution is -2.40. The maximum Gasteiger partial charge on any atom is 0.235 e. The van der Waals surface area contributed by atoms with Crippen LogP contribution < -0.4 is 5.32 Å². The van der Waals surface area contributed by atoms with E-state index in [9.17, 15) is 17.6 Å². The normalized spacial score (nSPS) is 11.6. The summed E-state index contributed by atoms with van der Waals surface area (Å²) >= 11 is 0. The van der Waals surface area contributed by atoms with Crippen LogP contribution in [-0.2, 0) is 27.8 Å². The quantitative estimate of drug-likeness (QED) is 0.667. The number of carbonyl (C=O) groups is 1. The molecular formula is C20H25FN2O3S. The van der Waals surface area contributed by atoms with Crippen molar-refractivity contribution in [1.82, 2.24) is 9.62 Å². The molecule has 146 valence electrons. The molecule has 0 atom stereocenters. The van der Waals surface area contributed by atoms with Crippen LogP contribution in [0.1, 0.15) is 23.1 Å². The second-order valence-corrected chi connectivity index (χ2v) is 8.55. The Balaban J connectivity index is 1.86. The summed E-state index contributed by atoms with van der Waals surface area (Å²) in [7, 11) is -3.65. The maximum absolute atomic E-state index is 13.8. The van der Waals surface area contributed by atoms with Gasteiger partial charge in [0.15, 0.2) is 0 Å². The fourth-order valence-electron chi connectivity index (χ4n) is 2.71. The highest BCUT2D eigenvalue weighted by molar-refractivity contribution is 7.88. The van der Waals surface area contributed by atoms with Crippen LogP contribution in [0.3, 0.4) is 0 Å². The number of rotatable bonds is 9. The van der Waals surface area contributed by atoms with E-state index in [1.54, 1.807) is 6.07 Å². The fourth-order valence-corrected chi connectivity index (χ4v) is 3.44. The van der Waals surface area contributed by atoms with Gasteiger partial charge in [0.1, 0.15) is 5.82 Å². The molecule has 7 heteroatoms. The highest BCUT2D eigenvalue weighted by Gasteiger charge is 2.21. The van der Waals surface area contributed by atoms with Gasteiger partial charge in [0.05, 0.1) is 12.8 Å². The molecule has 0 saturated heterocycles. The van der Waals surface area contributed by atoms with Gasteiger partial charge in [-0.05, 0) is 31.4 Å². The number of hydrogen-bond donors (Lipinski definition) is 1. The van der Waals surface area contributed by atoms with Gasteiger partial charge in [-0.1, -0.05) is 48.0 Å². The zero-order valence-electron chi connectivity index (χ0n) is 15.6. The van der Waals surface area contributed by atoms with Gasteiger partial charge in [0, 0.05) is 18.7 Å². The van der Waals surface area contributed by atoms with Gasteiger partial charge in [-0.15, -0.1) is 0 Å². The summed E-state index contributed by atoms with van der Waals surface area (Å²) in [5, 5.41) is 2.73. The summed E-state index contributed by atoms with van der Waals surface area (Å²) in [5.41, 5.74) is 2.62. The van der Waals surface area contributed by atoms with Gasteiger partial charge in [0.2, 0.25) is 15.9 Å². The minimum Gasteiger partial charge on any atom is -0.355 e. The van der Waals surface area contributed by atoms with Crippen LogP contribution in [0.4, 0.5) is 4.39 Å². The molecule has 0 aliphatic rings. The molecule has 0 aliphatic heterocycles. The summed E-state index contributed by atoms with van der Waals surface area (Å²) in [5.74, 6) is -0.897. The molecule has 0 spiro atoms. The molecule has 1 amide bonds. The van der Waals surface area contributed by atoms with Gasteiger partial charge in [-0.3, -0.25) is 4.79 Å². The lowest BCUT2D eigenvalue weighted by Gasteiger charge is -2.20. The Bertz CT molecular complexity index is 884. The summed E-state index contributed by atoms with van der Waals surface area (Å²) < 4.78 is 38.7. The van der Waals surface area contributed by atoms with Crippen LogP contribution in [0.25, 0.3) is 0 Å². The lowest BCUT2D eigenvalue weighted by atomic mass is 10.1. The highest BCUT2D eigenvalue weighted by Crippen LogP contribution is 2.12. The predicted molar refractivity (Wildman–Crippen MR) is 104 cm³/mol. The van der Waals surface area contributed by atoms with Crippen molar-refractivity contribution in [3.05, 3.63) is 71.0 Å². The summed E-state index contributed by atoms with van der Waals surface area (Å²) in [4.78, 5) is 12.1. The number of hydrogen-bond acceptors (Lipinski definition) is 3. The molecule has 0 radical (unpaired) electrons. The Hall–Kier alpha value is -2.25. The molecule has 2 rings (SSSR count). The van der Waals surface area contributed by atoms with Crippen LogP contribution in [0.15, 0.2) is 48.5 Å². The summed E-state index contributed by atoms with van der Waals surface area (Å²) in [6.07, 6.45) is 2.59. The zero-order chi connectivity index (χ0) is 19.9. The molecule has 27 heavy (non-hydrogen) atoms. The number of amides is 1. The van der Waals surface area contributed by atoms with Crippen LogP contribution in [0.5, 0.6) is 0 Å². The van der Waals surface area contributed by atoms with Crippen molar-refractivity contribution in [3.8, 4) is 0 Å². The van der Waals surface area contributed by atoms with E-state index in [1.165, 1.54) is 29.3 Å². The molecule has 0 aliphatic carbocycles. The van der Waals surface area contributed by atoms with Gasteiger partial charge >= 0.3 is 0 Å². The number of benzene rings is 2. The first-order chi connectivity index (χ1) is 12.8. The van der Waals surface area contributed by atoms with Crippen molar-refractivity contribution in [2.45, 2.75) is 26.3 Å². The summed E-state index contributed by atoms with van der Waals surface area (Å²) in [6.45, 7) is 1.96. The fraction of sp³-hybridized carbons (Fsp3) is 0.350. The number of carbonyl (C=O) groups excluding carboxylic acids is 1. The van der Waals surface area contributed by atoms with E-state index in [0.29, 0.717) is 6.54 Å². The average Bonchev–Trinajstić information content (AvgIpc) is 2.59. The third-order valence-corrected chi connectivity index (χ3v) is 5.34. The number of sulfonamides is 1. The maximum atomic E-state index is 13.8. The zero-order valence-corrected chi connectivity index (χ0v) is 16.4. The van der Waals surface area contributed by atoms with Crippen molar-refractivity contribution in [2.75, 3.05) is 19.3 Å². The molecule has 0 bridgehead atoms. The van der Waals surface area contributed by atoms with Crippen molar-refractivity contribution in [2.24, 2.45) is 0 Å². The second-order valence-electron chi connectivity index (χ2n) is 6.57. The van der Waals surface area contributed by atoms with Crippen molar-refractivity contribution >= 4 is 15.9 Å². The number of nitrogens with zero attached hydrogens (tertiary/aromatic N) is 1. The second kappa shape index (κ2) is 9.62. The predicted octanol–water partition coefficient (Wildman–Crippen LogP) is 2.64. The number of nitrogens with one attached hydrogen (secondary N) is 1. The van der Waals surface area contributed by atoms with Crippen LogP contribution in [0.2, 0.25) is 0 Å². The molecule has 2 aromatic rings. The van der Waals surface area contributed by atoms with Crippen molar-refractivity contribution < 1.29 is 17.6 Å². The Morgan fingerprint density at radius 3 is 2.56 bits per heavy atom. The van der Waals surface area contributed by atoms with E-state index in [-0.39, 0.29) is 18.7 Å². The monoisotopic (exact) mass is 392 g/mol. The SMILES string of the molecule is Cc1cccc(CCCNC(=O)CN(Cc2ccccc2F)S(C)(=O)=O)c1. The van der Waals surface area contributed by atoms with E-state index in [0.717, 1.165) is 23.4 Å². The first kappa shape index (κ1) is 21.1. The minimum absolute atomic E-state index is 0.178. The highest BCUT2D eigenvalue weighted by atomic mass is 32.2. The third-order valence-electron chi connectivity index (χ3n) is 4.14. The van der Waals surface area contributed by atoms with Gasteiger partial charge in [-0.2, -0.15) is 4.31 Å².